The number of amides is 1. The lowest BCUT2D eigenvalue weighted by Gasteiger charge is -2.28. The third kappa shape index (κ3) is 5.17. The summed E-state index contributed by atoms with van der Waals surface area (Å²) in [5, 5.41) is 3.16. The van der Waals surface area contributed by atoms with Crippen LogP contribution in [0.1, 0.15) is 42.0 Å². The molecular weight excluding hydrogens is 308 g/mol. The summed E-state index contributed by atoms with van der Waals surface area (Å²) in [4.78, 5) is 14.8. The number of carbonyl (C=O) groups excluding carboxylic acids is 1. The quantitative estimate of drug-likeness (QED) is 0.832. The van der Waals surface area contributed by atoms with Crippen molar-refractivity contribution in [3.63, 3.8) is 0 Å². The minimum absolute atomic E-state index is 0.139. The Balaban J connectivity index is 1.56. The number of carbonyl (C=O) groups is 1. The van der Waals surface area contributed by atoms with Crippen molar-refractivity contribution < 1.29 is 4.79 Å². The molecule has 3 heteroatoms. The lowest BCUT2D eigenvalue weighted by Crippen LogP contribution is -2.36. The van der Waals surface area contributed by atoms with Gasteiger partial charge >= 0.3 is 0 Å². The van der Waals surface area contributed by atoms with Gasteiger partial charge in [0.1, 0.15) is 0 Å². The molecule has 1 atom stereocenters. The van der Waals surface area contributed by atoms with Gasteiger partial charge in [-0.1, -0.05) is 60.2 Å². The molecule has 1 fully saturated rings. The monoisotopic (exact) mass is 336 g/mol. The van der Waals surface area contributed by atoms with E-state index in [1.165, 1.54) is 29.5 Å². The largest absolute Gasteiger partial charge is 0.354 e. The van der Waals surface area contributed by atoms with Gasteiger partial charge in [0.15, 0.2) is 0 Å². The molecule has 1 heterocycles. The van der Waals surface area contributed by atoms with E-state index in [1.54, 1.807) is 0 Å². The fourth-order valence-corrected chi connectivity index (χ4v) is 3.50. The van der Waals surface area contributed by atoms with Crippen LogP contribution in [-0.4, -0.2) is 30.4 Å². The van der Waals surface area contributed by atoms with Crippen LogP contribution in [0.5, 0.6) is 0 Å². The first kappa shape index (κ1) is 17.7. The maximum atomic E-state index is 12.3. The second kappa shape index (κ2) is 8.82. The van der Waals surface area contributed by atoms with Crippen LogP contribution in [0.3, 0.4) is 0 Å². The third-order valence-electron chi connectivity index (χ3n) is 5.02. The lowest BCUT2D eigenvalue weighted by molar-refractivity contribution is -0.121. The van der Waals surface area contributed by atoms with E-state index in [-0.39, 0.29) is 11.9 Å². The molecule has 3 rings (SSSR count). The van der Waals surface area contributed by atoms with Gasteiger partial charge in [0.25, 0.3) is 0 Å². The highest BCUT2D eigenvalue weighted by molar-refractivity contribution is 5.76. The normalized spacial score (nSPS) is 15.9. The van der Waals surface area contributed by atoms with Gasteiger partial charge in [-0.05, 0) is 50.4 Å². The number of aryl methyl sites for hydroxylation is 2. The second-order valence-electron chi connectivity index (χ2n) is 6.96. The molecule has 1 amide bonds. The van der Waals surface area contributed by atoms with Gasteiger partial charge in [-0.3, -0.25) is 9.69 Å². The van der Waals surface area contributed by atoms with E-state index < -0.39 is 0 Å². The molecule has 0 saturated carbocycles. The van der Waals surface area contributed by atoms with Crippen LogP contribution in [0.2, 0.25) is 0 Å². The highest BCUT2D eigenvalue weighted by Gasteiger charge is 2.23. The van der Waals surface area contributed by atoms with Crippen LogP contribution in [0, 0.1) is 6.92 Å². The molecule has 3 nitrogen and oxygen atoms in total. The van der Waals surface area contributed by atoms with Gasteiger partial charge < -0.3 is 5.32 Å². The van der Waals surface area contributed by atoms with E-state index in [0.29, 0.717) is 13.0 Å². The van der Waals surface area contributed by atoms with E-state index >= 15 is 0 Å². The van der Waals surface area contributed by atoms with Gasteiger partial charge in [0.05, 0.1) is 6.04 Å². The minimum atomic E-state index is 0.139. The number of hydrogen-bond donors (Lipinski definition) is 1. The average molecular weight is 336 g/mol. The summed E-state index contributed by atoms with van der Waals surface area (Å²) >= 11 is 0. The predicted molar refractivity (Wildman–Crippen MR) is 102 cm³/mol. The Morgan fingerprint density at radius 1 is 1.04 bits per heavy atom. The molecule has 1 aliphatic heterocycles. The van der Waals surface area contributed by atoms with Crippen molar-refractivity contribution in [3.05, 3.63) is 71.3 Å². The van der Waals surface area contributed by atoms with Crippen molar-refractivity contribution >= 4 is 5.91 Å². The number of nitrogens with one attached hydrogen (secondary N) is 1. The fraction of sp³-hybridized carbons (Fsp3) is 0.409. The number of nitrogens with zero attached hydrogens (tertiary/aromatic N) is 1. The summed E-state index contributed by atoms with van der Waals surface area (Å²) in [6.45, 7) is 5.05. The van der Waals surface area contributed by atoms with Crippen LogP contribution in [0.25, 0.3) is 0 Å². The summed E-state index contributed by atoms with van der Waals surface area (Å²) in [5.41, 5.74) is 3.79. The molecule has 1 N–H and O–H groups in total. The first-order valence-corrected chi connectivity index (χ1v) is 9.33. The molecular formula is C22H28N2O. The molecule has 0 radical (unpaired) electrons. The second-order valence-corrected chi connectivity index (χ2v) is 6.96. The van der Waals surface area contributed by atoms with Crippen molar-refractivity contribution in [3.8, 4) is 0 Å². The Bertz CT molecular complexity index is 660. The van der Waals surface area contributed by atoms with Gasteiger partial charge in [-0.25, -0.2) is 0 Å². The molecule has 1 aliphatic rings. The maximum absolute atomic E-state index is 12.3. The smallest absolute Gasteiger partial charge is 0.220 e. The first-order valence-electron chi connectivity index (χ1n) is 9.33. The maximum Gasteiger partial charge on any atom is 0.220 e. The van der Waals surface area contributed by atoms with Gasteiger partial charge in [-0.2, -0.15) is 0 Å². The van der Waals surface area contributed by atoms with Crippen LogP contribution in [0.15, 0.2) is 54.6 Å². The third-order valence-corrected chi connectivity index (χ3v) is 5.02. The van der Waals surface area contributed by atoms with Crippen LogP contribution < -0.4 is 5.32 Å². The van der Waals surface area contributed by atoms with Crippen LogP contribution in [0.4, 0.5) is 0 Å². The highest BCUT2D eigenvalue weighted by Crippen LogP contribution is 2.25. The Labute approximate surface area is 151 Å². The van der Waals surface area contributed by atoms with Gasteiger partial charge in [0, 0.05) is 13.0 Å². The van der Waals surface area contributed by atoms with E-state index in [4.69, 9.17) is 0 Å². The number of rotatable bonds is 7. The zero-order valence-electron chi connectivity index (χ0n) is 15.1. The zero-order chi connectivity index (χ0) is 17.5. The standard InChI is InChI=1S/C22H28N2O/c1-18-9-12-20(13-10-18)21(24-15-5-6-16-24)17-23-22(25)14-11-19-7-3-2-4-8-19/h2-4,7-10,12-13,21H,5-6,11,14-17H2,1H3,(H,23,25). The molecule has 2 aromatic carbocycles. The van der Waals surface area contributed by atoms with Crippen molar-refractivity contribution in [2.45, 2.75) is 38.6 Å². The number of likely N-dealkylation sites (tertiary alicyclic amines) is 1. The molecule has 1 saturated heterocycles. The Kier molecular flexibility index (Phi) is 6.24. The molecule has 0 aromatic heterocycles. The molecule has 25 heavy (non-hydrogen) atoms. The number of hydrogen-bond acceptors (Lipinski definition) is 2. The predicted octanol–water partition coefficient (Wildman–Crippen LogP) is 3.88. The summed E-state index contributed by atoms with van der Waals surface area (Å²) in [5.74, 6) is 0.139. The molecule has 1 unspecified atom stereocenters. The van der Waals surface area contributed by atoms with Crippen molar-refractivity contribution in [2.75, 3.05) is 19.6 Å². The SMILES string of the molecule is Cc1ccc(C(CNC(=O)CCc2ccccc2)N2CCCC2)cc1. The van der Waals surface area contributed by atoms with Gasteiger partial charge in [0.2, 0.25) is 5.91 Å². The topological polar surface area (TPSA) is 32.3 Å². The molecule has 0 aliphatic carbocycles. The average Bonchev–Trinajstić information content (AvgIpc) is 3.17. The van der Waals surface area contributed by atoms with Crippen molar-refractivity contribution in [2.24, 2.45) is 0 Å². The minimum Gasteiger partial charge on any atom is -0.354 e. The molecule has 0 spiro atoms. The van der Waals surface area contributed by atoms with Gasteiger partial charge in [-0.15, -0.1) is 0 Å². The zero-order valence-corrected chi connectivity index (χ0v) is 15.1. The highest BCUT2D eigenvalue weighted by atomic mass is 16.1. The van der Waals surface area contributed by atoms with Crippen LogP contribution in [-0.2, 0) is 11.2 Å². The molecule has 0 bridgehead atoms. The Morgan fingerprint density at radius 2 is 1.72 bits per heavy atom. The molecule has 2 aromatic rings. The Hall–Kier alpha value is -2.13. The molecule has 132 valence electrons. The van der Waals surface area contributed by atoms with E-state index in [9.17, 15) is 4.79 Å². The van der Waals surface area contributed by atoms with E-state index in [0.717, 1.165) is 19.5 Å². The fourth-order valence-electron chi connectivity index (χ4n) is 3.50. The van der Waals surface area contributed by atoms with E-state index in [2.05, 4.69) is 53.5 Å². The first-order chi connectivity index (χ1) is 12.2. The summed E-state index contributed by atoms with van der Waals surface area (Å²) in [7, 11) is 0. The summed E-state index contributed by atoms with van der Waals surface area (Å²) < 4.78 is 0. The van der Waals surface area contributed by atoms with E-state index in [1.807, 2.05) is 18.2 Å². The summed E-state index contributed by atoms with van der Waals surface area (Å²) in [6.07, 6.45) is 3.85. The number of benzene rings is 2. The lowest BCUT2D eigenvalue weighted by atomic mass is 10.0. The van der Waals surface area contributed by atoms with Crippen molar-refractivity contribution in [1.82, 2.24) is 10.2 Å². The van der Waals surface area contributed by atoms with Crippen LogP contribution >= 0.6 is 0 Å². The Morgan fingerprint density at radius 3 is 2.40 bits per heavy atom. The van der Waals surface area contributed by atoms with Crippen molar-refractivity contribution in [1.29, 1.82) is 0 Å². The summed E-state index contributed by atoms with van der Waals surface area (Å²) in [6, 6.07) is 19.2.